The van der Waals surface area contributed by atoms with Crippen molar-refractivity contribution in [3.8, 4) is 0 Å². The normalized spacial score (nSPS) is 12.8. The lowest BCUT2D eigenvalue weighted by molar-refractivity contribution is 0.825. The molecule has 0 atom stereocenters. The van der Waals surface area contributed by atoms with Gasteiger partial charge < -0.3 is 10.2 Å². The van der Waals surface area contributed by atoms with E-state index in [0.717, 1.165) is 42.3 Å². The fourth-order valence-corrected chi connectivity index (χ4v) is 4.81. The van der Waals surface area contributed by atoms with Crippen molar-refractivity contribution in [3.63, 3.8) is 0 Å². The van der Waals surface area contributed by atoms with Gasteiger partial charge in [-0.2, -0.15) is 4.98 Å². The van der Waals surface area contributed by atoms with Gasteiger partial charge in [0.2, 0.25) is 5.95 Å². The van der Waals surface area contributed by atoms with Crippen molar-refractivity contribution in [1.29, 1.82) is 0 Å². The van der Waals surface area contributed by atoms with Gasteiger partial charge in [-0.1, -0.05) is 97.1 Å². The highest BCUT2D eigenvalue weighted by atomic mass is 15.3. The van der Waals surface area contributed by atoms with Gasteiger partial charge in [0.05, 0.1) is 5.52 Å². The van der Waals surface area contributed by atoms with Gasteiger partial charge in [-0.3, -0.25) is 0 Å². The number of benzene rings is 4. The molecular formula is C30H26N4. The predicted molar refractivity (Wildman–Crippen MR) is 139 cm³/mol. The van der Waals surface area contributed by atoms with Gasteiger partial charge in [-0.15, -0.1) is 0 Å². The van der Waals surface area contributed by atoms with E-state index < -0.39 is 0 Å². The first-order valence-corrected chi connectivity index (χ1v) is 11.8. The van der Waals surface area contributed by atoms with E-state index >= 15 is 0 Å². The van der Waals surface area contributed by atoms with E-state index in [9.17, 15) is 0 Å². The molecule has 2 heterocycles. The van der Waals surface area contributed by atoms with Crippen molar-refractivity contribution >= 4 is 22.7 Å². The number of hydrogen-bond donors (Lipinski definition) is 1. The van der Waals surface area contributed by atoms with Crippen LogP contribution in [0.4, 0.5) is 11.8 Å². The number of aromatic nitrogens is 2. The second-order valence-corrected chi connectivity index (χ2v) is 8.77. The number of nitrogens with zero attached hydrogens (tertiary/aromatic N) is 3. The van der Waals surface area contributed by atoms with Gasteiger partial charge in [-0.25, -0.2) is 4.98 Å². The molecule has 0 unspecified atom stereocenters. The molecule has 34 heavy (non-hydrogen) atoms. The highest BCUT2D eigenvalue weighted by Gasteiger charge is 2.22. The van der Waals surface area contributed by atoms with Crippen LogP contribution >= 0.6 is 0 Å². The molecule has 0 bridgehead atoms. The van der Waals surface area contributed by atoms with E-state index in [0.29, 0.717) is 0 Å². The van der Waals surface area contributed by atoms with Crippen LogP contribution in [-0.4, -0.2) is 16.5 Å². The molecular weight excluding hydrogens is 416 g/mol. The van der Waals surface area contributed by atoms with E-state index in [1.54, 1.807) is 0 Å². The van der Waals surface area contributed by atoms with E-state index in [1.165, 1.54) is 22.3 Å². The Morgan fingerprint density at radius 2 is 1.21 bits per heavy atom. The summed E-state index contributed by atoms with van der Waals surface area (Å²) >= 11 is 0. The zero-order chi connectivity index (χ0) is 22.7. The molecule has 0 amide bonds. The highest BCUT2D eigenvalue weighted by Crippen LogP contribution is 2.31. The molecule has 0 aliphatic carbocycles. The predicted octanol–water partition coefficient (Wildman–Crippen LogP) is 6.39. The van der Waals surface area contributed by atoms with Gasteiger partial charge in [0.25, 0.3) is 0 Å². The van der Waals surface area contributed by atoms with Gasteiger partial charge in [0.1, 0.15) is 5.82 Å². The van der Waals surface area contributed by atoms with Gasteiger partial charge >= 0.3 is 0 Å². The molecule has 1 aliphatic heterocycles. The number of rotatable bonds is 6. The summed E-state index contributed by atoms with van der Waals surface area (Å²) < 4.78 is 0. The summed E-state index contributed by atoms with van der Waals surface area (Å²) in [6, 6.07) is 38.2. The van der Waals surface area contributed by atoms with Crippen LogP contribution in [0.5, 0.6) is 0 Å². The first kappa shape index (κ1) is 20.4. The standard InChI is InChI=1S/C30H26N4/c1-3-11-22(12-4-1)27(23-13-5-2-6-14-23)19-31-29-26-17-9-10-18-28(26)32-30(33-29)34-20-24-15-7-8-16-25(24)21-34/h1-18,27H,19-21H2,(H,31,32,33). The molecule has 0 saturated carbocycles. The quantitative estimate of drug-likeness (QED) is 0.331. The number of fused-ring (bicyclic) bond motifs is 2. The molecule has 1 aromatic heterocycles. The number of hydrogen-bond acceptors (Lipinski definition) is 4. The molecule has 1 N–H and O–H groups in total. The second kappa shape index (κ2) is 8.99. The first-order valence-electron chi connectivity index (χ1n) is 11.8. The maximum Gasteiger partial charge on any atom is 0.228 e. The Balaban J connectivity index is 1.34. The van der Waals surface area contributed by atoms with Crippen LogP contribution in [0.1, 0.15) is 28.2 Å². The first-order chi connectivity index (χ1) is 16.8. The third kappa shape index (κ3) is 3.99. The number of para-hydroxylation sites is 1. The molecule has 6 rings (SSSR count). The summed E-state index contributed by atoms with van der Waals surface area (Å²) in [7, 11) is 0. The summed E-state index contributed by atoms with van der Waals surface area (Å²) in [4.78, 5) is 12.2. The topological polar surface area (TPSA) is 41.1 Å². The smallest absolute Gasteiger partial charge is 0.228 e. The lowest BCUT2D eigenvalue weighted by Crippen LogP contribution is -2.20. The SMILES string of the molecule is c1ccc(C(CNc2nc(N3Cc4ccccc4C3)nc3ccccc23)c2ccccc2)cc1. The molecule has 0 radical (unpaired) electrons. The Bertz CT molecular complexity index is 1350. The fourth-order valence-electron chi connectivity index (χ4n) is 4.81. The van der Waals surface area contributed by atoms with E-state index in [1.807, 2.05) is 12.1 Å². The summed E-state index contributed by atoms with van der Waals surface area (Å²) in [6.45, 7) is 2.42. The molecule has 4 heteroatoms. The lowest BCUT2D eigenvalue weighted by Gasteiger charge is -2.21. The fraction of sp³-hybridized carbons (Fsp3) is 0.133. The van der Waals surface area contributed by atoms with Crippen molar-refractivity contribution in [2.75, 3.05) is 16.8 Å². The van der Waals surface area contributed by atoms with Crippen LogP contribution in [-0.2, 0) is 13.1 Å². The van der Waals surface area contributed by atoms with Crippen LogP contribution in [0.2, 0.25) is 0 Å². The summed E-state index contributed by atoms with van der Waals surface area (Å²) in [5, 5.41) is 4.74. The van der Waals surface area contributed by atoms with Gasteiger partial charge in [0.15, 0.2) is 0 Å². The lowest BCUT2D eigenvalue weighted by atomic mass is 9.91. The molecule has 0 spiro atoms. The zero-order valence-corrected chi connectivity index (χ0v) is 18.9. The highest BCUT2D eigenvalue weighted by molar-refractivity contribution is 5.90. The summed E-state index contributed by atoms with van der Waals surface area (Å²) in [5.74, 6) is 1.87. The minimum absolute atomic E-state index is 0.218. The van der Waals surface area contributed by atoms with Crippen LogP contribution < -0.4 is 10.2 Å². The number of nitrogens with one attached hydrogen (secondary N) is 1. The minimum Gasteiger partial charge on any atom is -0.368 e. The number of anilines is 2. The average Bonchev–Trinajstić information content (AvgIpc) is 3.34. The van der Waals surface area contributed by atoms with Crippen LogP contribution in [0.3, 0.4) is 0 Å². The Kier molecular flexibility index (Phi) is 5.40. The van der Waals surface area contributed by atoms with Crippen LogP contribution in [0, 0.1) is 0 Å². The molecule has 1 aliphatic rings. The summed E-state index contributed by atoms with van der Waals surface area (Å²) in [5.41, 5.74) is 6.23. The van der Waals surface area contributed by atoms with Crippen molar-refractivity contribution < 1.29 is 0 Å². The average molecular weight is 443 g/mol. The maximum atomic E-state index is 5.03. The largest absolute Gasteiger partial charge is 0.368 e. The molecule has 5 aromatic rings. The Hall–Kier alpha value is -4.18. The molecule has 4 aromatic carbocycles. The Morgan fingerprint density at radius 3 is 1.85 bits per heavy atom. The van der Waals surface area contributed by atoms with Crippen LogP contribution in [0.15, 0.2) is 109 Å². The zero-order valence-electron chi connectivity index (χ0n) is 18.9. The van der Waals surface area contributed by atoms with E-state index in [2.05, 4.69) is 107 Å². The second-order valence-electron chi connectivity index (χ2n) is 8.77. The van der Waals surface area contributed by atoms with Gasteiger partial charge in [-0.05, 0) is 34.4 Å². The third-order valence-electron chi connectivity index (χ3n) is 6.59. The van der Waals surface area contributed by atoms with Crippen molar-refractivity contribution in [2.45, 2.75) is 19.0 Å². The molecule has 166 valence electrons. The minimum atomic E-state index is 0.218. The van der Waals surface area contributed by atoms with Crippen LogP contribution in [0.25, 0.3) is 10.9 Å². The Labute approximate surface area is 199 Å². The molecule has 0 saturated heterocycles. The monoisotopic (exact) mass is 442 g/mol. The van der Waals surface area contributed by atoms with Gasteiger partial charge in [0, 0.05) is 30.9 Å². The molecule has 4 nitrogen and oxygen atoms in total. The summed E-state index contributed by atoms with van der Waals surface area (Å²) in [6.07, 6.45) is 0. The van der Waals surface area contributed by atoms with E-state index in [-0.39, 0.29) is 5.92 Å². The van der Waals surface area contributed by atoms with E-state index in [4.69, 9.17) is 9.97 Å². The van der Waals surface area contributed by atoms with Crippen molar-refractivity contribution in [3.05, 3.63) is 131 Å². The van der Waals surface area contributed by atoms with Crippen molar-refractivity contribution in [1.82, 2.24) is 9.97 Å². The third-order valence-corrected chi connectivity index (χ3v) is 6.59. The van der Waals surface area contributed by atoms with Crippen molar-refractivity contribution in [2.24, 2.45) is 0 Å². The molecule has 0 fully saturated rings. The Morgan fingerprint density at radius 1 is 0.647 bits per heavy atom. The maximum absolute atomic E-state index is 5.03.